The van der Waals surface area contributed by atoms with Gasteiger partial charge < -0.3 is 10.1 Å². The molecular weight excluding hydrogens is 329 g/mol. The van der Waals surface area contributed by atoms with Crippen molar-refractivity contribution >= 4 is 17.2 Å². The molecule has 2 aromatic rings. The smallest absolute Gasteiger partial charge is 0.226 e. The average molecular weight is 349 g/mol. The van der Waals surface area contributed by atoms with Crippen LogP contribution in [0.3, 0.4) is 0 Å². The Hall–Kier alpha value is -1.83. The van der Waals surface area contributed by atoms with Crippen molar-refractivity contribution in [3.05, 3.63) is 41.2 Å². The predicted octanol–water partition coefficient (Wildman–Crippen LogP) is 1.94. The van der Waals surface area contributed by atoms with Crippen LogP contribution in [0, 0.1) is 5.82 Å². The van der Waals surface area contributed by atoms with Crippen molar-refractivity contribution < 1.29 is 13.9 Å². The molecule has 7 heteroatoms. The number of hydrogen-bond acceptors (Lipinski definition) is 5. The Kier molecular flexibility index (Phi) is 5.90. The number of rotatable bonds is 6. The zero-order valence-corrected chi connectivity index (χ0v) is 14.2. The molecule has 0 unspecified atom stereocenters. The summed E-state index contributed by atoms with van der Waals surface area (Å²) in [6.45, 7) is 4.81. The van der Waals surface area contributed by atoms with Gasteiger partial charge in [0.1, 0.15) is 10.8 Å². The fraction of sp³-hybridized carbons (Fsp3) is 0.412. The van der Waals surface area contributed by atoms with Crippen molar-refractivity contribution in [3.8, 4) is 10.6 Å². The first-order valence-corrected chi connectivity index (χ1v) is 8.86. The number of carbonyl (C=O) groups is 1. The topological polar surface area (TPSA) is 54.5 Å². The second-order valence-corrected chi connectivity index (χ2v) is 6.49. The Morgan fingerprint density at radius 2 is 2.21 bits per heavy atom. The van der Waals surface area contributed by atoms with Crippen LogP contribution in [0.15, 0.2) is 29.6 Å². The molecule has 0 bridgehead atoms. The van der Waals surface area contributed by atoms with E-state index in [-0.39, 0.29) is 18.1 Å². The first-order chi connectivity index (χ1) is 11.7. The summed E-state index contributed by atoms with van der Waals surface area (Å²) < 4.78 is 18.6. The Morgan fingerprint density at radius 1 is 1.38 bits per heavy atom. The molecule has 24 heavy (non-hydrogen) atoms. The summed E-state index contributed by atoms with van der Waals surface area (Å²) in [7, 11) is 0. The molecule has 0 radical (unpaired) electrons. The van der Waals surface area contributed by atoms with Crippen LogP contribution in [0.5, 0.6) is 0 Å². The molecule has 3 rings (SSSR count). The summed E-state index contributed by atoms with van der Waals surface area (Å²) >= 11 is 1.42. The highest BCUT2D eigenvalue weighted by Crippen LogP contribution is 2.24. The maximum atomic E-state index is 13.3. The molecule has 1 aliphatic heterocycles. The summed E-state index contributed by atoms with van der Waals surface area (Å²) in [6.07, 6.45) is 0.245. The van der Waals surface area contributed by atoms with Gasteiger partial charge in [0, 0.05) is 37.1 Å². The van der Waals surface area contributed by atoms with Gasteiger partial charge in [-0.1, -0.05) is 12.1 Å². The first-order valence-electron chi connectivity index (χ1n) is 7.98. The van der Waals surface area contributed by atoms with E-state index in [4.69, 9.17) is 4.74 Å². The van der Waals surface area contributed by atoms with E-state index in [0.29, 0.717) is 12.2 Å². The lowest BCUT2D eigenvalue weighted by molar-refractivity contribution is -0.120. The zero-order valence-electron chi connectivity index (χ0n) is 13.3. The molecule has 1 aromatic heterocycles. The van der Waals surface area contributed by atoms with Gasteiger partial charge in [-0.25, -0.2) is 9.37 Å². The maximum absolute atomic E-state index is 13.3. The molecule has 2 heterocycles. The molecule has 0 spiro atoms. The molecule has 0 atom stereocenters. The van der Waals surface area contributed by atoms with E-state index in [2.05, 4.69) is 15.2 Å². The summed E-state index contributed by atoms with van der Waals surface area (Å²) in [5.74, 6) is -0.329. The standard InChI is InChI=1S/C17H20FN3O2S/c18-14-3-1-2-13(10-14)17-20-15(12-24-17)11-16(22)19-4-5-21-6-8-23-9-7-21/h1-3,10,12H,4-9,11H2,(H,19,22). The Bertz CT molecular complexity index is 686. The number of nitrogens with one attached hydrogen (secondary N) is 1. The van der Waals surface area contributed by atoms with Gasteiger partial charge >= 0.3 is 0 Å². The average Bonchev–Trinajstić information content (AvgIpc) is 3.04. The second-order valence-electron chi connectivity index (χ2n) is 5.64. The van der Waals surface area contributed by atoms with Crippen LogP contribution in [0.2, 0.25) is 0 Å². The molecule has 1 fully saturated rings. The van der Waals surface area contributed by atoms with Gasteiger partial charge in [0.15, 0.2) is 0 Å². The Balaban J connectivity index is 1.46. The van der Waals surface area contributed by atoms with Crippen LogP contribution in [0.4, 0.5) is 4.39 Å². The molecule has 0 aliphatic carbocycles. The van der Waals surface area contributed by atoms with Crippen LogP contribution in [-0.4, -0.2) is 55.2 Å². The van der Waals surface area contributed by atoms with Gasteiger partial charge in [-0.05, 0) is 12.1 Å². The van der Waals surface area contributed by atoms with Crippen LogP contribution in [0.1, 0.15) is 5.69 Å². The van der Waals surface area contributed by atoms with Crippen molar-refractivity contribution in [2.24, 2.45) is 0 Å². The Morgan fingerprint density at radius 3 is 3.00 bits per heavy atom. The summed E-state index contributed by atoms with van der Waals surface area (Å²) in [4.78, 5) is 18.7. The van der Waals surface area contributed by atoms with E-state index in [9.17, 15) is 9.18 Å². The number of thiazole rings is 1. The monoisotopic (exact) mass is 349 g/mol. The van der Waals surface area contributed by atoms with Gasteiger partial charge in [-0.2, -0.15) is 0 Å². The van der Waals surface area contributed by atoms with E-state index in [1.807, 2.05) is 11.4 Å². The quantitative estimate of drug-likeness (QED) is 0.866. The third-order valence-electron chi connectivity index (χ3n) is 3.82. The number of aromatic nitrogens is 1. The SMILES string of the molecule is O=C(Cc1csc(-c2cccc(F)c2)n1)NCCN1CCOCC1. The molecular formula is C17H20FN3O2S. The first kappa shape index (κ1) is 17.0. The number of morpholine rings is 1. The van der Waals surface area contributed by atoms with Crippen molar-refractivity contribution in [1.82, 2.24) is 15.2 Å². The minimum atomic E-state index is -0.287. The van der Waals surface area contributed by atoms with Crippen molar-refractivity contribution in [1.29, 1.82) is 0 Å². The van der Waals surface area contributed by atoms with Crippen LogP contribution < -0.4 is 5.32 Å². The van der Waals surface area contributed by atoms with Crippen LogP contribution >= 0.6 is 11.3 Å². The highest BCUT2D eigenvalue weighted by Gasteiger charge is 2.12. The van der Waals surface area contributed by atoms with Gasteiger partial charge in [0.05, 0.1) is 25.3 Å². The third kappa shape index (κ3) is 4.83. The summed E-state index contributed by atoms with van der Waals surface area (Å²) in [6, 6.07) is 6.32. The molecule has 1 saturated heterocycles. The van der Waals surface area contributed by atoms with Gasteiger partial charge in [-0.15, -0.1) is 11.3 Å². The highest BCUT2D eigenvalue weighted by molar-refractivity contribution is 7.13. The lowest BCUT2D eigenvalue weighted by atomic mass is 10.2. The largest absolute Gasteiger partial charge is 0.379 e. The molecule has 128 valence electrons. The fourth-order valence-corrected chi connectivity index (χ4v) is 3.36. The number of nitrogens with zero attached hydrogens (tertiary/aromatic N) is 2. The molecule has 5 nitrogen and oxygen atoms in total. The van der Waals surface area contributed by atoms with E-state index in [1.165, 1.54) is 23.5 Å². The zero-order chi connectivity index (χ0) is 16.8. The lowest BCUT2D eigenvalue weighted by Gasteiger charge is -2.26. The summed E-state index contributed by atoms with van der Waals surface area (Å²) in [5.41, 5.74) is 1.45. The number of carbonyl (C=O) groups excluding carboxylic acids is 1. The number of ether oxygens (including phenoxy) is 1. The predicted molar refractivity (Wildman–Crippen MR) is 91.5 cm³/mol. The van der Waals surface area contributed by atoms with Crippen molar-refractivity contribution in [2.75, 3.05) is 39.4 Å². The number of halogens is 1. The van der Waals surface area contributed by atoms with Gasteiger partial charge in [0.25, 0.3) is 0 Å². The minimum absolute atomic E-state index is 0.0423. The number of benzene rings is 1. The second kappa shape index (κ2) is 8.32. The van der Waals surface area contributed by atoms with Crippen LogP contribution in [0.25, 0.3) is 10.6 Å². The molecule has 1 aliphatic rings. The lowest BCUT2D eigenvalue weighted by Crippen LogP contribution is -2.41. The maximum Gasteiger partial charge on any atom is 0.226 e. The van der Waals surface area contributed by atoms with Crippen LogP contribution in [-0.2, 0) is 16.0 Å². The van der Waals surface area contributed by atoms with E-state index in [1.54, 1.807) is 6.07 Å². The van der Waals surface area contributed by atoms with Crippen molar-refractivity contribution in [2.45, 2.75) is 6.42 Å². The molecule has 1 aromatic carbocycles. The number of amides is 1. The van der Waals surface area contributed by atoms with Crippen molar-refractivity contribution in [3.63, 3.8) is 0 Å². The van der Waals surface area contributed by atoms with Gasteiger partial charge in [-0.3, -0.25) is 9.69 Å². The molecule has 1 amide bonds. The number of hydrogen-bond donors (Lipinski definition) is 1. The molecule has 0 saturated carbocycles. The normalized spacial score (nSPS) is 15.4. The fourth-order valence-electron chi connectivity index (χ4n) is 2.55. The third-order valence-corrected chi connectivity index (χ3v) is 4.76. The van der Waals surface area contributed by atoms with E-state index in [0.717, 1.165) is 43.4 Å². The Labute approximate surface area is 144 Å². The highest BCUT2D eigenvalue weighted by atomic mass is 32.1. The van der Waals surface area contributed by atoms with E-state index < -0.39 is 0 Å². The minimum Gasteiger partial charge on any atom is -0.379 e. The summed E-state index contributed by atoms with van der Waals surface area (Å²) in [5, 5.41) is 5.50. The molecule has 1 N–H and O–H groups in total. The van der Waals surface area contributed by atoms with E-state index >= 15 is 0 Å². The van der Waals surface area contributed by atoms with Gasteiger partial charge in [0.2, 0.25) is 5.91 Å².